The van der Waals surface area contributed by atoms with Gasteiger partial charge in [-0.25, -0.2) is 4.98 Å². The molecule has 0 aliphatic rings. The Bertz CT molecular complexity index is 328. The minimum Gasteiger partial charge on any atom is -0.358 e. The second-order valence-corrected chi connectivity index (χ2v) is 5.18. The number of hydrogen-bond donors (Lipinski definition) is 1. The molecular weight excluding hydrogens is 198 g/mol. The summed E-state index contributed by atoms with van der Waals surface area (Å²) in [5.74, 6) is 1.04. The van der Waals surface area contributed by atoms with Crippen LogP contribution in [0.1, 0.15) is 26.3 Å². The van der Waals surface area contributed by atoms with Crippen LogP contribution in [0.4, 0.5) is 5.82 Å². The molecule has 0 bridgehead atoms. The molecule has 0 aliphatic carbocycles. The minimum absolute atomic E-state index is 0.182. The number of nitrogens with one attached hydrogen (secondary N) is 1. The van der Waals surface area contributed by atoms with Crippen LogP contribution < -0.4 is 10.2 Å². The molecule has 3 nitrogen and oxygen atoms in total. The second-order valence-electron chi connectivity index (χ2n) is 5.18. The largest absolute Gasteiger partial charge is 0.358 e. The van der Waals surface area contributed by atoms with E-state index in [4.69, 9.17) is 0 Å². The molecule has 3 heteroatoms. The lowest BCUT2D eigenvalue weighted by molar-refractivity contribution is 0.589. The molecule has 1 heterocycles. The maximum atomic E-state index is 4.40. The molecule has 0 saturated carbocycles. The van der Waals surface area contributed by atoms with Gasteiger partial charge in [-0.2, -0.15) is 0 Å². The normalized spacial score (nSPS) is 11.6. The summed E-state index contributed by atoms with van der Waals surface area (Å²) in [6.07, 6.45) is 1.89. The molecule has 16 heavy (non-hydrogen) atoms. The third kappa shape index (κ3) is 3.49. The van der Waals surface area contributed by atoms with Gasteiger partial charge in [0.25, 0.3) is 0 Å². The fourth-order valence-electron chi connectivity index (χ4n) is 1.49. The van der Waals surface area contributed by atoms with Crippen molar-refractivity contribution in [2.75, 3.05) is 32.1 Å². The van der Waals surface area contributed by atoms with Gasteiger partial charge in [-0.1, -0.05) is 20.8 Å². The van der Waals surface area contributed by atoms with Crippen LogP contribution in [-0.4, -0.2) is 32.2 Å². The molecular formula is C13H23N3. The summed E-state index contributed by atoms with van der Waals surface area (Å²) in [6.45, 7) is 8.61. The maximum Gasteiger partial charge on any atom is 0.128 e. The number of aromatic nitrogens is 1. The maximum absolute atomic E-state index is 4.40. The molecule has 0 aromatic carbocycles. The van der Waals surface area contributed by atoms with Gasteiger partial charge in [0.15, 0.2) is 0 Å². The third-order valence-corrected chi connectivity index (χ3v) is 2.70. The Kier molecular flexibility index (Phi) is 4.30. The van der Waals surface area contributed by atoms with Crippen molar-refractivity contribution < 1.29 is 0 Å². The van der Waals surface area contributed by atoms with Crippen molar-refractivity contribution in [3.63, 3.8) is 0 Å². The Morgan fingerprint density at radius 1 is 1.38 bits per heavy atom. The van der Waals surface area contributed by atoms with E-state index in [1.54, 1.807) is 0 Å². The van der Waals surface area contributed by atoms with E-state index in [-0.39, 0.29) is 5.41 Å². The Hall–Kier alpha value is -1.09. The number of pyridine rings is 1. The molecule has 1 aromatic rings. The first-order valence-electron chi connectivity index (χ1n) is 5.77. The number of rotatable bonds is 4. The van der Waals surface area contributed by atoms with Gasteiger partial charge < -0.3 is 10.2 Å². The van der Waals surface area contributed by atoms with E-state index in [1.807, 2.05) is 13.2 Å². The first-order valence-corrected chi connectivity index (χ1v) is 5.77. The predicted molar refractivity (Wildman–Crippen MR) is 70.1 cm³/mol. The average molecular weight is 221 g/mol. The smallest absolute Gasteiger partial charge is 0.128 e. The zero-order chi connectivity index (χ0) is 12.2. The molecule has 0 radical (unpaired) electrons. The zero-order valence-electron chi connectivity index (χ0n) is 11.0. The molecule has 1 N–H and O–H groups in total. The van der Waals surface area contributed by atoms with Gasteiger partial charge in [0, 0.05) is 26.3 Å². The first-order chi connectivity index (χ1) is 7.45. The molecule has 0 atom stereocenters. The molecule has 0 unspecified atom stereocenters. The van der Waals surface area contributed by atoms with Crippen molar-refractivity contribution in [2.24, 2.45) is 0 Å². The number of anilines is 1. The van der Waals surface area contributed by atoms with Gasteiger partial charge in [0.2, 0.25) is 0 Å². The van der Waals surface area contributed by atoms with Gasteiger partial charge in [0.1, 0.15) is 5.82 Å². The Labute approximate surface area is 98.9 Å². The zero-order valence-corrected chi connectivity index (χ0v) is 11.0. The molecule has 0 amide bonds. The van der Waals surface area contributed by atoms with Crippen LogP contribution in [-0.2, 0) is 5.41 Å². The topological polar surface area (TPSA) is 28.2 Å². The van der Waals surface area contributed by atoms with Crippen LogP contribution in [0.2, 0.25) is 0 Å². The van der Waals surface area contributed by atoms with Crippen LogP contribution in [0.3, 0.4) is 0 Å². The van der Waals surface area contributed by atoms with E-state index in [1.165, 1.54) is 5.56 Å². The van der Waals surface area contributed by atoms with E-state index in [9.17, 15) is 0 Å². The van der Waals surface area contributed by atoms with E-state index in [2.05, 4.69) is 55.2 Å². The summed E-state index contributed by atoms with van der Waals surface area (Å²) in [5.41, 5.74) is 1.51. The highest BCUT2D eigenvalue weighted by atomic mass is 15.2. The molecule has 90 valence electrons. The SMILES string of the molecule is CNCCN(C)c1cc(C(C)(C)C)ccn1. The van der Waals surface area contributed by atoms with Crippen molar-refractivity contribution in [1.82, 2.24) is 10.3 Å². The lowest BCUT2D eigenvalue weighted by Gasteiger charge is -2.23. The Morgan fingerprint density at radius 3 is 2.62 bits per heavy atom. The van der Waals surface area contributed by atoms with Gasteiger partial charge in [0.05, 0.1) is 0 Å². The summed E-state index contributed by atoms with van der Waals surface area (Å²) in [4.78, 5) is 6.58. The van der Waals surface area contributed by atoms with E-state index >= 15 is 0 Å². The fourth-order valence-corrected chi connectivity index (χ4v) is 1.49. The standard InChI is InChI=1S/C13H23N3/c1-13(2,3)11-6-7-15-12(10-11)16(5)9-8-14-4/h6-7,10,14H,8-9H2,1-5H3. The van der Waals surface area contributed by atoms with E-state index in [0.29, 0.717) is 0 Å². The number of likely N-dealkylation sites (N-methyl/N-ethyl adjacent to an activating group) is 2. The summed E-state index contributed by atoms with van der Waals surface area (Å²) in [5, 5.41) is 3.14. The third-order valence-electron chi connectivity index (χ3n) is 2.70. The Morgan fingerprint density at radius 2 is 2.06 bits per heavy atom. The van der Waals surface area contributed by atoms with Crippen LogP contribution in [0.25, 0.3) is 0 Å². The predicted octanol–water partition coefficient (Wildman–Crippen LogP) is 2.03. The lowest BCUT2D eigenvalue weighted by atomic mass is 9.88. The van der Waals surface area contributed by atoms with Crippen molar-refractivity contribution in [3.05, 3.63) is 23.9 Å². The summed E-state index contributed by atoms with van der Waals surface area (Å²) >= 11 is 0. The van der Waals surface area contributed by atoms with Gasteiger partial charge in [-0.3, -0.25) is 0 Å². The highest BCUT2D eigenvalue weighted by molar-refractivity contribution is 5.42. The molecule has 0 spiro atoms. The van der Waals surface area contributed by atoms with Crippen LogP contribution in [0.5, 0.6) is 0 Å². The number of hydrogen-bond acceptors (Lipinski definition) is 3. The van der Waals surface area contributed by atoms with Crippen LogP contribution in [0.15, 0.2) is 18.3 Å². The first kappa shape index (κ1) is 13.0. The van der Waals surface area contributed by atoms with Crippen molar-refractivity contribution in [3.8, 4) is 0 Å². The van der Waals surface area contributed by atoms with Gasteiger partial charge in [-0.05, 0) is 30.2 Å². The average Bonchev–Trinajstić information content (AvgIpc) is 2.25. The molecule has 1 rings (SSSR count). The quantitative estimate of drug-likeness (QED) is 0.843. The summed E-state index contributed by atoms with van der Waals surface area (Å²) < 4.78 is 0. The minimum atomic E-state index is 0.182. The summed E-state index contributed by atoms with van der Waals surface area (Å²) in [6, 6.07) is 4.27. The lowest BCUT2D eigenvalue weighted by Crippen LogP contribution is -2.28. The van der Waals surface area contributed by atoms with Crippen molar-refractivity contribution in [2.45, 2.75) is 26.2 Å². The molecule has 1 aromatic heterocycles. The molecule has 0 aliphatic heterocycles. The summed E-state index contributed by atoms with van der Waals surface area (Å²) in [7, 11) is 4.04. The molecule has 0 saturated heterocycles. The van der Waals surface area contributed by atoms with Crippen LogP contribution in [0, 0.1) is 0 Å². The van der Waals surface area contributed by atoms with Gasteiger partial charge >= 0.3 is 0 Å². The second kappa shape index (κ2) is 5.30. The van der Waals surface area contributed by atoms with Crippen molar-refractivity contribution in [1.29, 1.82) is 0 Å². The fraction of sp³-hybridized carbons (Fsp3) is 0.615. The van der Waals surface area contributed by atoms with Gasteiger partial charge in [-0.15, -0.1) is 0 Å². The van der Waals surface area contributed by atoms with Crippen molar-refractivity contribution >= 4 is 5.82 Å². The van der Waals surface area contributed by atoms with Crippen LogP contribution >= 0.6 is 0 Å². The molecule has 0 fully saturated rings. The van der Waals surface area contributed by atoms with E-state index in [0.717, 1.165) is 18.9 Å². The highest BCUT2D eigenvalue weighted by Crippen LogP contribution is 2.24. The Balaban J connectivity index is 2.82. The highest BCUT2D eigenvalue weighted by Gasteiger charge is 2.14. The number of nitrogens with zero attached hydrogens (tertiary/aromatic N) is 2. The monoisotopic (exact) mass is 221 g/mol. The van der Waals surface area contributed by atoms with E-state index < -0.39 is 0 Å².